The molecule has 5 heteroatoms. The summed E-state index contributed by atoms with van der Waals surface area (Å²) in [6, 6.07) is 13.8. The molecule has 0 fully saturated rings. The second-order valence-corrected chi connectivity index (χ2v) is 5.32. The maximum atomic E-state index is 14.2. The van der Waals surface area contributed by atoms with E-state index >= 15 is 0 Å². The van der Waals surface area contributed by atoms with Gasteiger partial charge in [0.1, 0.15) is 5.52 Å². The van der Waals surface area contributed by atoms with Crippen molar-refractivity contribution in [1.82, 2.24) is 4.98 Å². The first-order valence-electron chi connectivity index (χ1n) is 6.24. The highest BCUT2D eigenvalue weighted by Gasteiger charge is 2.34. The zero-order chi connectivity index (χ0) is 14.9. The number of alkyl halides is 2. The van der Waals surface area contributed by atoms with Crippen LogP contribution in [0.1, 0.15) is 11.5 Å². The number of fused-ring (bicyclic) bond motifs is 1. The standard InChI is InChI=1S/C16H10BrF2NO/c17-12-6-2-1-5-11(12)9-10-16(18,19)15-20-13-7-3-4-8-14(13)21-15/h1-10H. The third-order valence-corrected chi connectivity index (χ3v) is 3.68. The van der Waals surface area contributed by atoms with E-state index in [0.717, 1.165) is 10.5 Å². The first-order chi connectivity index (χ1) is 10.1. The molecule has 0 saturated heterocycles. The maximum absolute atomic E-state index is 14.2. The predicted octanol–water partition coefficient (Wildman–Crippen LogP) is 5.40. The molecule has 0 amide bonds. The van der Waals surface area contributed by atoms with Crippen molar-refractivity contribution >= 4 is 33.1 Å². The SMILES string of the molecule is FC(F)(C=Cc1ccccc1Br)c1nc2ccccc2o1. The van der Waals surface area contributed by atoms with E-state index in [9.17, 15) is 8.78 Å². The minimum atomic E-state index is -3.27. The van der Waals surface area contributed by atoms with E-state index in [0.29, 0.717) is 16.7 Å². The van der Waals surface area contributed by atoms with Gasteiger partial charge >= 0.3 is 5.92 Å². The molecule has 0 aliphatic rings. The molecular formula is C16H10BrF2NO. The van der Waals surface area contributed by atoms with Crippen LogP contribution in [0.15, 0.2) is 63.5 Å². The number of hydrogen-bond acceptors (Lipinski definition) is 2. The zero-order valence-electron chi connectivity index (χ0n) is 10.8. The van der Waals surface area contributed by atoms with Gasteiger partial charge in [0.2, 0.25) is 0 Å². The van der Waals surface area contributed by atoms with Crippen molar-refractivity contribution in [3.63, 3.8) is 0 Å². The minimum absolute atomic E-state index is 0.349. The van der Waals surface area contributed by atoms with Crippen molar-refractivity contribution in [1.29, 1.82) is 0 Å². The summed E-state index contributed by atoms with van der Waals surface area (Å²) in [5, 5.41) is 0. The van der Waals surface area contributed by atoms with Gasteiger partial charge in [-0.3, -0.25) is 0 Å². The van der Waals surface area contributed by atoms with Crippen LogP contribution in [0.3, 0.4) is 0 Å². The highest BCUT2D eigenvalue weighted by atomic mass is 79.9. The van der Waals surface area contributed by atoms with Crippen molar-refractivity contribution in [2.24, 2.45) is 0 Å². The molecule has 106 valence electrons. The van der Waals surface area contributed by atoms with Gasteiger partial charge < -0.3 is 4.42 Å². The molecule has 2 nitrogen and oxygen atoms in total. The molecule has 0 spiro atoms. The molecule has 0 bridgehead atoms. The number of rotatable bonds is 3. The molecule has 1 heterocycles. The van der Waals surface area contributed by atoms with Gasteiger partial charge in [-0.15, -0.1) is 0 Å². The van der Waals surface area contributed by atoms with Gasteiger partial charge in [0.05, 0.1) is 0 Å². The van der Waals surface area contributed by atoms with E-state index in [4.69, 9.17) is 4.42 Å². The fourth-order valence-electron chi connectivity index (χ4n) is 1.89. The molecule has 0 aliphatic heterocycles. The lowest BCUT2D eigenvalue weighted by molar-refractivity contribution is 0.0243. The highest BCUT2D eigenvalue weighted by Crippen LogP contribution is 2.32. The van der Waals surface area contributed by atoms with Gasteiger partial charge in [0.15, 0.2) is 5.58 Å². The Morgan fingerprint density at radius 1 is 1.05 bits per heavy atom. The first-order valence-corrected chi connectivity index (χ1v) is 7.03. The Balaban J connectivity index is 1.94. The largest absolute Gasteiger partial charge is 0.435 e. The highest BCUT2D eigenvalue weighted by molar-refractivity contribution is 9.10. The summed E-state index contributed by atoms with van der Waals surface area (Å²) in [5.41, 5.74) is 1.43. The quantitative estimate of drug-likeness (QED) is 0.633. The van der Waals surface area contributed by atoms with E-state index < -0.39 is 11.8 Å². The third-order valence-electron chi connectivity index (χ3n) is 2.96. The lowest BCUT2D eigenvalue weighted by atomic mass is 10.2. The first kappa shape index (κ1) is 13.9. The Bertz CT molecular complexity index is 778. The Kier molecular flexibility index (Phi) is 3.59. The molecule has 3 aromatic rings. The summed E-state index contributed by atoms with van der Waals surface area (Å²) in [7, 11) is 0. The number of aromatic nitrogens is 1. The van der Waals surface area contributed by atoms with Crippen molar-refractivity contribution in [3.8, 4) is 0 Å². The molecule has 1 aromatic heterocycles. The topological polar surface area (TPSA) is 26.0 Å². The number of para-hydroxylation sites is 2. The van der Waals surface area contributed by atoms with Crippen LogP contribution in [0.4, 0.5) is 8.78 Å². The molecule has 0 radical (unpaired) electrons. The smallest absolute Gasteiger partial charge is 0.341 e. The molecule has 0 unspecified atom stereocenters. The molecule has 2 aromatic carbocycles. The predicted molar refractivity (Wildman–Crippen MR) is 81.1 cm³/mol. The van der Waals surface area contributed by atoms with Gasteiger partial charge in [-0.25, -0.2) is 4.98 Å². The molecule has 0 N–H and O–H groups in total. The second kappa shape index (κ2) is 5.41. The van der Waals surface area contributed by atoms with Gasteiger partial charge in [0.25, 0.3) is 5.89 Å². The molecule has 3 rings (SSSR count). The van der Waals surface area contributed by atoms with Crippen molar-refractivity contribution in [2.75, 3.05) is 0 Å². The van der Waals surface area contributed by atoms with E-state index in [-0.39, 0.29) is 0 Å². The number of oxazole rings is 1. The summed E-state index contributed by atoms with van der Waals surface area (Å²) in [6.07, 6.45) is 2.14. The maximum Gasteiger partial charge on any atom is 0.341 e. The Labute approximate surface area is 128 Å². The minimum Gasteiger partial charge on any atom is -0.435 e. The van der Waals surface area contributed by atoms with Gasteiger partial charge in [0, 0.05) is 4.47 Å². The summed E-state index contributed by atoms with van der Waals surface area (Å²) >= 11 is 3.31. The average molecular weight is 350 g/mol. The fourth-order valence-corrected chi connectivity index (χ4v) is 2.31. The molecule has 0 aliphatic carbocycles. The van der Waals surface area contributed by atoms with Crippen LogP contribution < -0.4 is 0 Å². The molecule has 0 atom stereocenters. The summed E-state index contributed by atoms with van der Waals surface area (Å²) in [6.45, 7) is 0. The Morgan fingerprint density at radius 2 is 1.76 bits per heavy atom. The van der Waals surface area contributed by atoms with Crippen LogP contribution in [0.5, 0.6) is 0 Å². The fraction of sp³-hybridized carbons (Fsp3) is 0.0625. The van der Waals surface area contributed by atoms with Crippen LogP contribution in [-0.2, 0) is 5.92 Å². The van der Waals surface area contributed by atoms with Gasteiger partial charge in [-0.05, 0) is 29.8 Å². The van der Waals surface area contributed by atoms with Crippen LogP contribution in [0.25, 0.3) is 17.2 Å². The van der Waals surface area contributed by atoms with Crippen LogP contribution in [0, 0.1) is 0 Å². The van der Waals surface area contributed by atoms with Crippen LogP contribution in [0.2, 0.25) is 0 Å². The lowest BCUT2D eigenvalue weighted by Gasteiger charge is -2.06. The number of nitrogens with zero attached hydrogens (tertiary/aromatic N) is 1. The Morgan fingerprint density at radius 3 is 2.52 bits per heavy atom. The van der Waals surface area contributed by atoms with Gasteiger partial charge in [-0.2, -0.15) is 8.78 Å². The number of benzene rings is 2. The second-order valence-electron chi connectivity index (χ2n) is 4.46. The van der Waals surface area contributed by atoms with E-state index in [1.54, 1.807) is 42.5 Å². The third kappa shape index (κ3) is 2.88. The van der Waals surface area contributed by atoms with Gasteiger partial charge in [-0.1, -0.05) is 52.3 Å². The molecule has 0 saturated carbocycles. The van der Waals surface area contributed by atoms with Crippen molar-refractivity contribution in [2.45, 2.75) is 5.92 Å². The summed E-state index contributed by atoms with van der Waals surface area (Å²) < 4.78 is 34.2. The van der Waals surface area contributed by atoms with E-state index in [1.807, 2.05) is 6.07 Å². The van der Waals surface area contributed by atoms with Crippen LogP contribution in [-0.4, -0.2) is 4.98 Å². The molecular weight excluding hydrogens is 340 g/mol. The normalized spacial score (nSPS) is 12.3. The zero-order valence-corrected chi connectivity index (χ0v) is 12.3. The van der Waals surface area contributed by atoms with E-state index in [1.165, 1.54) is 6.08 Å². The Hall–Kier alpha value is -2.01. The van der Waals surface area contributed by atoms with Crippen LogP contribution >= 0.6 is 15.9 Å². The van der Waals surface area contributed by atoms with Crippen molar-refractivity contribution < 1.29 is 13.2 Å². The summed E-state index contributed by atoms with van der Waals surface area (Å²) in [5.74, 6) is -3.87. The lowest BCUT2D eigenvalue weighted by Crippen LogP contribution is -2.09. The average Bonchev–Trinajstić information content (AvgIpc) is 2.91. The monoisotopic (exact) mass is 349 g/mol. The number of hydrogen-bond donors (Lipinski definition) is 0. The number of allylic oxidation sites excluding steroid dienone is 1. The summed E-state index contributed by atoms with van der Waals surface area (Å²) in [4.78, 5) is 3.84. The molecule has 21 heavy (non-hydrogen) atoms. The van der Waals surface area contributed by atoms with E-state index in [2.05, 4.69) is 20.9 Å². The number of halogens is 3. The van der Waals surface area contributed by atoms with Crippen molar-refractivity contribution in [3.05, 3.63) is 70.5 Å².